The number of unbranched alkanes of at least 4 members (excludes halogenated alkanes) is 1. The van der Waals surface area contributed by atoms with Gasteiger partial charge >= 0.3 is 5.97 Å². The lowest BCUT2D eigenvalue weighted by atomic mass is 9.98. The van der Waals surface area contributed by atoms with Gasteiger partial charge in [-0.05, 0) is 45.2 Å². The predicted molar refractivity (Wildman–Crippen MR) is 121 cm³/mol. The number of carbonyl (C=O) groups is 1. The molecule has 3 heteroatoms. The Morgan fingerprint density at radius 2 is 1.59 bits per heavy atom. The zero-order valence-corrected chi connectivity index (χ0v) is 18.7. The fourth-order valence-electron chi connectivity index (χ4n) is 3.70. The van der Waals surface area contributed by atoms with Gasteiger partial charge in [0.1, 0.15) is 5.60 Å². The lowest BCUT2D eigenvalue weighted by molar-refractivity contribution is -0.156. The molecule has 0 heterocycles. The Morgan fingerprint density at radius 3 is 2.14 bits per heavy atom. The molecule has 2 aromatic carbocycles. The third-order valence-corrected chi connectivity index (χ3v) is 5.17. The minimum absolute atomic E-state index is 0.114. The van der Waals surface area contributed by atoms with E-state index in [0.717, 1.165) is 25.8 Å². The van der Waals surface area contributed by atoms with Gasteiger partial charge in [-0.15, -0.1) is 0 Å². The molecule has 2 rings (SSSR count). The number of ether oxygens (including phenoxy) is 1. The van der Waals surface area contributed by atoms with E-state index in [-0.39, 0.29) is 18.1 Å². The fraction of sp³-hybridized carbons (Fsp3) is 0.500. The molecule has 0 fully saturated rings. The average Bonchev–Trinajstić information content (AvgIpc) is 2.69. The van der Waals surface area contributed by atoms with Gasteiger partial charge in [0.25, 0.3) is 0 Å². The van der Waals surface area contributed by atoms with Crippen molar-refractivity contribution in [3.8, 4) is 0 Å². The monoisotopic (exact) mass is 395 g/mol. The maximum Gasteiger partial charge on any atom is 0.307 e. The van der Waals surface area contributed by atoms with Crippen molar-refractivity contribution in [3.05, 3.63) is 71.8 Å². The summed E-state index contributed by atoms with van der Waals surface area (Å²) in [5.41, 5.74) is 2.08. The van der Waals surface area contributed by atoms with Crippen LogP contribution in [0, 0.1) is 0 Å². The van der Waals surface area contributed by atoms with Gasteiger partial charge in [-0.2, -0.15) is 0 Å². The number of rotatable bonds is 10. The van der Waals surface area contributed by atoms with Gasteiger partial charge in [0, 0.05) is 18.6 Å². The molecule has 0 amide bonds. The maximum absolute atomic E-state index is 12.7. The molecule has 0 saturated carbocycles. The largest absolute Gasteiger partial charge is 0.460 e. The van der Waals surface area contributed by atoms with Gasteiger partial charge in [-0.25, -0.2) is 0 Å². The van der Waals surface area contributed by atoms with Crippen LogP contribution in [0.2, 0.25) is 0 Å². The Balaban J connectivity index is 2.30. The highest BCUT2D eigenvalue weighted by Gasteiger charge is 2.28. The van der Waals surface area contributed by atoms with E-state index in [9.17, 15) is 4.79 Å². The highest BCUT2D eigenvalue weighted by Crippen LogP contribution is 2.29. The number of nitrogens with zero attached hydrogens (tertiary/aromatic N) is 1. The summed E-state index contributed by atoms with van der Waals surface area (Å²) >= 11 is 0. The molecular weight excluding hydrogens is 358 g/mol. The van der Waals surface area contributed by atoms with Gasteiger partial charge < -0.3 is 4.74 Å². The second-order valence-corrected chi connectivity index (χ2v) is 8.83. The van der Waals surface area contributed by atoms with E-state index >= 15 is 0 Å². The first-order chi connectivity index (χ1) is 13.8. The Kier molecular flexibility index (Phi) is 8.91. The fourth-order valence-corrected chi connectivity index (χ4v) is 3.70. The highest BCUT2D eigenvalue weighted by molar-refractivity contribution is 5.70. The van der Waals surface area contributed by atoms with E-state index in [1.807, 2.05) is 32.9 Å². The zero-order chi connectivity index (χ0) is 21.3. The smallest absolute Gasteiger partial charge is 0.307 e. The van der Waals surface area contributed by atoms with Crippen molar-refractivity contribution in [2.75, 3.05) is 0 Å². The van der Waals surface area contributed by atoms with Crippen molar-refractivity contribution in [2.24, 2.45) is 0 Å². The second kappa shape index (κ2) is 11.2. The maximum atomic E-state index is 12.7. The Bertz CT molecular complexity index is 721. The minimum Gasteiger partial charge on any atom is -0.460 e. The molecule has 0 aliphatic rings. The van der Waals surface area contributed by atoms with E-state index in [2.05, 4.69) is 67.3 Å². The van der Waals surface area contributed by atoms with Gasteiger partial charge in [0.05, 0.1) is 6.42 Å². The van der Waals surface area contributed by atoms with Gasteiger partial charge in [-0.1, -0.05) is 80.4 Å². The number of hydrogen-bond donors (Lipinski definition) is 0. The predicted octanol–water partition coefficient (Wildman–Crippen LogP) is 6.54. The van der Waals surface area contributed by atoms with Crippen molar-refractivity contribution < 1.29 is 9.53 Å². The molecule has 158 valence electrons. The second-order valence-electron chi connectivity index (χ2n) is 8.83. The Hall–Kier alpha value is -2.13. The van der Waals surface area contributed by atoms with E-state index in [1.54, 1.807) is 0 Å². The number of hydrogen-bond acceptors (Lipinski definition) is 3. The number of benzene rings is 2. The quantitative estimate of drug-likeness (QED) is 0.428. The summed E-state index contributed by atoms with van der Waals surface area (Å²) in [5.74, 6) is -0.114. The first-order valence-electron chi connectivity index (χ1n) is 10.9. The van der Waals surface area contributed by atoms with Crippen LogP contribution in [0.1, 0.15) is 77.5 Å². The SMILES string of the molecule is CCCCC(CC(=O)OC(C)(C)C)N(Cc1ccccc1)C(C)c1ccccc1. The minimum atomic E-state index is -0.457. The molecule has 0 N–H and O–H groups in total. The summed E-state index contributed by atoms with van der Waals surface area (Å²) in [5, 5.41) is 0. The lowest BCUT2D eigenvalue weighted by Crippen LogP contribution is -2.39. The molecule has 0 aliphatic heterocycles. The van der Waals surface area contributed by atoms with Gasteiger partial charge in [0.2, 0.25) is 0 Å². The molecule has 0 saturated heterocycles. The lowest BCUT2D eigenvalue weighted by Gasteiger charge is -2.37. The van der Waals surface area contributed by atoms with Crippen molar-refractivity contribution in [3.63, 3.8) is 0 Å². The summed E-state index contributed by atoms with van der Waals surface area (Å²) < 4.78 is 5.67. The van der Waals surface area contributed by atoms with Crippen LogP contribution >= 0.6 is 0 Å². The summed E-state index contributed by atoms with van der Waals surface area (Å²) in [6.07, 6.45) is 3.62. The molecule has 0 spiro atoms. The number of esters is 1. The highest BCUT2D eigenvalue weighted by atomic mass is 16.6. The summed E-state index contributed by atoms with van der Waals surface area (Å²) in [6.45, 7) is 11.0. The van der Waals surface area contributed by atoms with E-state index < -0.39 is 5.60 Å². The molecule has 2 aromatic rings. The third-order valence-electron chi connectivity index (χ3n) is 5.17. The normalized spacial score (nSPS) is 13.9. The summed E-state index contributed by atoms with van der Waals surface area (Å²) in [4.78, 5) is 15.2. The first-order valence-corrected chi connectivity index (χ1v) is 10.9. The van der Waals surface area contributed by atoms with Crippen LogP contribution in [0.4, 0.5) is 0 Å². The summed E-state index contributed by atoms with van der Waals surface area (Å²) in [6, 6.07) is 21.4. The molecule has 0 radical (unpaired) electrons. The summed E-state index contributed by atoms with van der Waals surface area (Å²) in [7, 11) is 0. The van der Waals surface area contributed by atoms with E-state index in [0.29, 0.717) is 6.42 Å². The Labute approximate surface area is 177 Å². The van der Waals surface area contributed by atoms with E-state index in [4.69, 9.17) is 4.74 Å². The topological polar surface area (TPSA) is 29.5 Å². The van der Waals surface area contributed by atoms with Crippen LogP contribution in [-0.4, -0.2) is 22.5 Å². The molecule has 0 aromatic heterocycles. The molecule has 29 heavy (non-hydrogen) atoms. The van der Waals surface area contributed by atoms with Crippen LogP contribution in [0.3, 0.4) is 0 Å². The molecule has 2 atom stereocenters. The van der Waals surface area contributed by atoms with Crippen LogP contribution in [-0.2, 0) is 16.1 Å². The van der Waals surface area contributed by atoms with Crippen LogP contribution in [0.5, 0.6) is 0 Å². The molecular formula is C26H37NO2. The van der Waals surface area contributed by atoms with Crippen molar-refractivity contribution in [1.82, 2.24) is 4.90 Å². The molecule has 0 aliphatic carbocycles. The van der Waals surface area contributed by atoms with Gasteiger partial charge in [-0.3, -0.25) is 9.69 Å². The molecule has 0 bridgehead atoms. The Morgan fingerprint density at radius 1 is 1.00 bits per heavy atom. The van der Waals surface area contributed by atoms with Crippen molar-refractivity contribution >= 4 is 5.97 Å². The average molecular weight is 396 g/mol. The standard InChI is InChI=1S/C26H37NO2/c1-6-7-18-24(19-25(28)29-26(3,4)5)27(20-22-14-10-8-11-15-22)21(2)23-16-12-9-13-17-23/h8-17,21,24H,6-7,18-20H2,1-5H3. The van der Waals surface area contributed by atoms with Crippen molar-refractivity contribution in [2.45, 2.75) is 84.5 Å². The first kappa shape index (κ1) is 23.2. The van der Waals surface area contributed by atoms with Crippen LogP contribution in [0.25, 0.3) is 0 Å². The van der Waals surface area contributed by atoms with E-state index in [1.165, 1.54) is 11.1 Å². The molecule has 2 unspecified atom stereocenters. The molecule has 3 nitrogen and oxygen atoms in total. The third kappa shape index (κ3) is 8.02. The number of carbonyl (C=O) groups excluding carboxylic acids is 1. The van der Waals surface area contributed by atoms with Crippen molar-refractivity contribution in [1.29, 1.82) is 0 Å². The van der Waals surface area contributed by atoms with Gasteiger partial charge in [0.15, 0.2) is 0 Å². The zero-order valence-electron chi connectivity index (χ0n) is 18.7. The van der Waals surface area contributed by atoms with Crippen LogP contribution in [0.15, 0.2) is 60.7 Å². The van der Waals surface area contributed by atoms with Crippen LogP contribution < -0.4 is 0 Å².